The molecule has 2 nitrogen and oxygen atoms in total. The van der Waals surface area contributed by atoms with Crippen molar-refractivity contribution in [3.05, 3.63) is 35.1 Å². The third-order valence-corrected chi connectivity index (χ3v) is 4.21. The molecule has 1 aromatic rings. The number of halogens is 1. The number of hydrogen-bond donors (Lipinski definition) is 0. The van der Waals surface area contributed by atoms with Crippen LogP contribution in [0.15, 0.2) is 22.6 Å². The smallest absolute Gasteiger partial charge is 0.144 e. The van der Waals surface area contributed by atoms with Crippen molar-refractivity contribution in [1.29, 1.82) is 0 Å². The quantitative estimate of drug-likeness (QED) is 0.609. The minimum atomic E-state index is -1.30. The molecule has 1 aromatic carbocycles. The van der Waals surface area contributed by atoms with Crippen LogP contribution in [0.2, 0.25) is 0 Å². The molecule has 0 N–H and O–H groups in total. The molecule has 0 saturated heterocycles. The molecule has 2 rings (SSSR count). The van der Waals surface area contributed by atoms with Gasteiger partial charge in [0.2, 0.25) is 0 Å². The molecule has 0 heterocycles. The largest absolute Gasteiger partial charge is 0.591 e. The van der Waals surface area contributed by atoms with Crippen LogP contribution in [0.3, 0.4) is 0 Å². The van der Waals surface area contributed by atoms with Gasteiger partial charge in [0.1, 0.15) is 21.9 Å². The highest BCUT2D eigenvalue weighted by Gasteiger charge is 2.27. The molecule has 1 aliphatic rings. The van der Waals surface area contributed by atoms with Gasteiger partial charge in [-0.1, -0.05) is 16.5 Å². The summed E-state index contributed by atoms with van der Waals surface area (Å²) in [6, 6.07) is 5.12. The Bertz CT molecular complexity index is 463. The molecule has 0 radical (unpaired) electrons. The van der Waals surface area contributed by atoms with E-state index in [1.807, 2.05) is 32.9 Å². The predicted molar refractivity (Wildman–Crippen MR) is 73.9 cm³/mol. The highest BCUT2D eigenvalue weighted by atomic mass is 32.2. The van der Waals surface area contributed by atoms with Gasteiger partial charge >= 0.3 is 0 Å². The van der Waals surface area contributed by atoms with E-state index in [-0.39, 0.29) is 10.6 Å². The van der Waals surface area contributed by atoms with Crippen molar-refractivity contribution in [2.75, 3.05) is 0 Å². The van der Waals surface area contributed by atoms with E-state index < -0.39 is 11.4 Å². The van der Waals surface area contributed by atoms with Crippen LogP contribution in [0.1, 0.15) is 50.7 Å². The lowest BCUT2D eigenvalue weighted by molar-refractivity contribution is 0.561. The molecule has 0 aliphatic heterocycles. The summed E-state index contributed by atoms with van der Waals surface area (Å²) in [6.07, 6.45) is 3.65. The van der Waals surface area contributed by atoms with Crippen molar-refractivity contribution < 1.29 is 8.94 Å². The van der Waals surface area contributed by atoms with Crippen LogP contribution in [-0.4, -0.2) is 15.5 Å². The van der Waals surface area contributed by atoms with Crippen molar-refractivity contribution in [1.82, 2.24) is 0 Å². The monoisotopic (exact) mass is 267 g/mol. The zero-order valence-corrected chi connectivity index (χ0v) is 11.8. The van der Waals surface area contributed by atoms with Gasteiger partial charge in [-0.3, -0.25) is 0 Å². The van der Waals surface area contributed by atoms with Gasteiger partial charge < -0.3 is 4.55 Å². The Morgan fingerprint density at radius 1 is 1.39 bits per heavy atom. The first-order valence-corrected chi connectivity index (χ1v) is 7.24. The van der Waals surface area contributed by atoms with E-state index in [1.165, 1.54) is 12.3 Å². The molecule has 1 saturated carbocycles. The first-order chi connectivity index (χ1) is 8.38. The van der Waals surface area contributed by atoms with Crippen LogP contribution < -0.4 is 0 Å². The minimum absolute atomic E-state index is 0.178. The first kappa shape index (κ1) is 13.6. The summed E-state index contributed by atoms with van der Waals surface area (Å²) in [6.45, 7) is 5.58. The van der Waals surface area contributed by atoms with E-state index in [4.69, 9.17) is 0 Å². The number of benzene rings is 1. The number of rotatable bonds is 3. The molecular formula is C14H18FNOS. The molecular weight excluding hydrogens is 249 g/mol. The lowest BCUT2D eigenvalue weighted by Crippen LogP contribution is -2.25. The van der Waals surface area contributed by atoms with Gasteiger partial charge in [0.05, 0.1) is 6.21 Å². The second-order valence-corrected chi connectivity index (χ2v) is 7.59. The van der Waals surface area contributed by atoms with E-state index in [2.05, 4.69) is 4.40 Å². The summed E-state index contributed by atoms with van der Waals surface area (Å²) in [7, 11) is 0. The second kappa shape index (κ2) is 5.02. The summed E-state index contributed by atoms with van der Waals surface area (Å²) < 4.78 is 29.1. The van der Waals surface area contributed by atoms with Gasteiger partial charge in [0.15, 0.2) is 0 Å². The molecule has 98 valence electrons. The summed E-state index contributed by atoms with van der Waals surface area (Å²) in [5.74, 6) is 0.225. The topological polar surface area (TPSA) is 35.4 Å². The molecule has 0 aromatic heterocycles. The van der Waals surface area contributed by atoms with Crippen molar-refractivity contribution >= 4 is 17.6 Å². The zero-order chi connectivity index (χ0) is 13.3. The Morgan fingerprint density at radius 2 is 2.06 bits per heavy atom. The molecule has 1 atom stereocenters. The van der Waals surface area contributed by atoms with Crippen molar-refractivity contribution in [3.8, 4) is 0 Å². The Balaban J connectivity index is 2.10. The van der Waals surface area contributed by atoms with Crippen LogP contribution in [-0.2, 0) is 11.4 Å². The van der Waals surface area contributed by atoms with E-state index in [1.54, 1.807) is 0 Å². The van der Waals surface area contributed by atoms with Gasteiger partial charge in [0, 0.05) is 5.56 Å². The van der Waals surface area contributed by atoms with Gasteiger partial charge in [-0.25, -0.2) is 4.39 Å². The molecule has 4 heteroatoms. The zero-order valence-electron chi connectivity index (χ0n) is 10.9. The summed E-state index contributed by atoms with van der Waals surface area (Å²) >= 11 is -1.30. The Hall–Kier alpha value is -0.870. The van der Waals surface area contributed by atoms with Gasteiger partial charge in [0.25, 0.3) is 0 Å². The van der Waals surface area contributed by atoms with Crippen LogP contribution in [0.5, 0.6) is 0 Å². The average Bonchev–Trinajstić information content (AvgIpc) is 3.08. The third kappa shape index (κ3) is 3.33. The van der Waals surface area contributed by atoms with Gasteiger partial charge in [-0.15, -0.1) is 0 Å². The van der Waals surface area contributed by atoms with Crippen LogP contribution in [0, 0.1) is 5.82 Å². The standard InChI is InChI=1S/C14H18FNOS/c1-14(2,3)18(17)16-9-10-4-7-12(11-5-6-11)13(15)8-10/h4,7-9,11H,5-6H2,1-3H3/b16-9+. The Labute approximate surface area is 111 Å². The SMILES string of the molecule is CC(C)(C)[S+]([O-])/N=C/c1ccc(C2CC2)c(F)c1. The highest BCUT2D eigenvalue weighted by molar-refractivity contribution is 7.91. The van der Waals surface area contributed by atoms with Crippen molar-refractivity contribution in [2.24, 2.45) is 4.40 Å². The lowest BCUT2D eigenvalue weighted by atomic mass is 10.1. The summed E-state index contributed by atoms with van der Waals surface area (Å²) in [5, 5.41) is 0. The third-order valence-electron chi connectivity index (χ3n) is 2.86. The van der Waals surface area contributed by atoms with Gasteiger partial charge in [-0.05, 0) is 51.2 Å². The summed E-state index contributed by atoms with van der Waals surface area (Å²) in [5.41, 5.74) is 1.46. The van der Waals surface area contributed by atoms with Crippen molar-refractivity contribution in [2.45, 2.75) is 44.3 Å². The molecule has 0 spiro atoms. The fraction of sp³-hybridized carbons (Fsp3) is 0.500. The number of hydrogen-bond acceptors (Lipinski definition) is 2. The first-order valence-electron chi connectivity index (χ1n) is 6.13. The molecule has 0 bridgehead atoms. The predicted octanol–water partition coefficient (Wildman–Crippen LogP) is 3.58. The van der Waals surface area contributed by atoms with E-state index in [0.717, 1.165) is 18.4 Å². The lowest BCUT2D eigenvalue weighted by Gasteiger charge is -2.17. The fourth-order valence-electron chi connectivity index (χ4n) is 1.62. The van der Waals surface area contributed by atoms with Crippen LogP contribution in [0.25, 0.3) is 0 Å². The normalized spacial score (nSPS) is 18.3. The molecule has 1 fully saturated rings. The molecule has 0 amide bonds. The van der Waals surface area contributed by atoms with E-state index in [9.17, 15) is 8.94 Å². The Morgan fingerprint density at radius 3 is 2.56 bits per heavy atom. The maximum atomic E-state index is 13.8. The second-order valence-electron chi connectivity index (χ2n) is 5.65. The Kier molecular flexibility index (Phi) is 3.78. The molecule has 1 unspecified atom stereocenters. The van der Waals surface area contributed by atoms with Crippen LogP contribution >= 0.6 is 0 Å². The maximum Gasteiger partial charge on any atom is 0.144 e. The fourth-order valence-corrected chi connectivity index (χ4v) is 2.15. The summed E-state index contributed by atoms with van der Waals surface area (Å²) in [4.78, 5) is 0. The van der Waals surface area contributed by atoms with E-state index >= 15 is 0 Å². The number of nitrogens with zero attached hydrogens (tertiary/aromatic N) is 1. The highest BCUT2D eigenvalue weighted by Crippen LogP contribution is 2.41. The molecule has 1 aliphatic carbocycles. The van der Waals surface area contributed by atoms with E-state index in [0.29, 0.717) is 11.5 Å². The molecule has 18 heavy (non-hydrogen) atoms. The van der Waals surface area contributed by atoms with Gasteiger partial charge in [-0.2, -0.15) is 0 Å². The average molecular weight is 267 g/mol. The minimum Gasteiger partial charge on any atom is -0.591 e. The van der Waals surface area contributed by atoms with Crippen LogP contribution in [0.4, 0.5) is 4.39 Å². The maximum absolute atomic E-state index is 13.8. The van der Waals surface area contributed by atoms with Crippen molar-refractivity contribution in [3.63, 3.8) is 0 Å².